The number of ether oxygens (including phenoxy) is 1. The molecule has 0 N–H and O–H groups in total. The highest BCUT2D eigenvalue weighted by Gasteiger charge is 2.04. The highest BCUT2D eigenvalue weighted by Crippen LogP contribution is 2.28. The van der Waals surface area contributed by atoms with Crippen LogP contribution in [0.2, 0.25) is 0 Å². The van der Waals surface area contributed by atoms with E-state index < -0.39 is 0 Å². The van der Waals surface area contributed by atoms with Gasteiger partial charge in [0.25, 0.3) is 0 Å². The molecule has 2 nitrogen and oxygen atoms in total. The van der Waals surface area contributed by atoms with E-state index in [0.29, 0.717) is 0 Å². The van der Waals surface area contributed by atoms with Gasteiger partial charge in [-0.1, -0.05) is 18.2 Å². The topological polar surface area (TPSA) is 22.4 Å². The molecule has 0 aliphatic carbocycles. The van der Waals surface area contributed by atoms with Crippen LogP contribution < -0.4 is 4.74 Å². The van der Waals surface area contributed by atoms with Crippen molar-refractivity contribution in [3.05, 3.63) is 60.4 Å². The monoisotopic (exact) mass is 224 g/mol. The molecule has 0 spiro atoms. The first kappa shape index (κ1) is 9.97. The average Bonchev–Trinajstić information content (AvgIpc) is 2.73. The number of aryl methyl sites for hydroxylation is 1. The molecule has 0 aliphatic rings. The molecule has 0 aliphatic heterocycles. The molecule has 0 bridgehead atoms. The minimum absolute atomic E-state index is 0.827. The summed E-state index contributed by atoms with van der Waals surface area (Å²) in [6.07, 6.45) is 1.76. The highest BCUT2D eigenvalue weighted by atomic mass is 16.5. The normalized spacial score (nSPS) is 10.6. The molecule has 0 atom stereocenters. The van der Waals surface area contributed by atoms with Crippen LogP contribution in [-0.4, -0.2) is 0 Å². The third-order valence-corrected chi connectivity index (χ3v) is 2.72. The van der Waals surface area contributed by atoms with Crippen LogP contribution in [0, 0.1) is 6.92 Å². The van der Waals surface area contributed by atoms with Crippen molar-refractivity contribution < 1.29 is 9.15 Å². The Bertz CT molecular complexity index is 638. The van der Waals surface area contributed by atoms with Crippen molar-refractivity contribution in [3.63, 3.8) is 0 Å². The van der Waals surface area contributed by atoms with Gasteiger partial charge in [0.2, 0.25) is 0 Å². The van der Waals surface area contributed by atoms with Crippen molar-refractivity contribution in [3.8, 4) is 11.5 Å². The second kappa shape index (κ2) is 3.98. The highest BCUT2D eigenvalue weighted by molar-refractivity contribution is 5.82. The molecule has 0 saturated heterocycles. The first-order valence-corrected chi connectivity index (χ1v) is 5.54. The van der Waals surface area contributed by atoms with E-state index in [1.165, 1.54) is 0 Å². The summed E-state index contributed by atoms with van der Waals surface area (Å²) in [4.78, 5) is 0. The van der Waals surface area contributed by atoms with Gasteiger partial charge in [-0.15, -0.1) is 0 Å². The standard InChI is InChI=1S/C15H12O2/c1-11-10-16-15-8-7-13(9-14(11)15)17-12-5-3-2-4-6-12/h2-10H,1H3. The summed E-state index contributed by atoms with van der Waals surface area (Å²) in [7, 11) is 0. The number of para-hydroxylation sites is 1. The van der Waals surface area contributed by atoms with E-state index >= 15 is 0 Å². The van der Waals surface area contributed by atoms with Gasteiger partial charge in [-0.2, -0.15) is 0 Å². The van der Waals surface area contributed by atoms with Gasteiger partial charge in [0, 0.05) is 5.39 Å². The Hall–Kier alpha value is -2.22. The van der Waals surface area contributed by atoms with Crippen LogP contribution in [0.4, 0.5) is 0 Å². The third-order valence-electron chi connectivity index (χ3n) is 2.72. The molecule has 0 radical (unpaired) electrons. The Morgan fingerprint density at radius 3 is 2.59 bits per heavy atom. The maximum Gasteiger partial charge on any atom is 0.134 e. The smallest absolute Gasteiger partial charge is 0.134 e. The van der Waals surface area contributed by atoms with E-state index in [0.717, 1.165) is 28.0 Å². The van der Waals surface area contributed by atoms with Gasteiger partial charge in [0.05, 0.1) is 6.26 Å². The Balaban J connectivity index is 1.98. The number of fused-ring (bicyclic) bond motifs is 1. The van der Waals surface area contributed by atoms with Gasteiger partial charge < -0.3 is 9.15 Å². The second-order valence-corrected chi connectivity index (χ2v) is 3.99. The fraction of sp³-hybridized carbons (Fsp3) is 0.0667. The Kier molecular flexibility index (Phi) is 2.33. The van der Waals surface area contributed by atoms with E-state index in [1.54, 1.807) is 6.26 Å². The minimum atomic E-state index is 0.827. The number of hydrogen-bond donors (Lipinski definition) is 0. The molecule has 1 aromatic heterocycles. The number of benzene rings is 2. The first-order chi connectivity index (χ1) is 8.33. The number of hydrogen-bond acceptors (Lipinski definition) is 2. The van der Waals surface area contributed by atoms with Gasteiger partial charge in [-0.25, -0.2) is 0 Å². The quantitative estimate of drug-likeness (QED) is 0.638. The van der Waals surface area contributed by atoms with Crippen LogP contribution in [0.5, 0.6) is 11.5 Å². The second-order valence-electron chi connectivity index (χ2n) is 3.99. The molecule has 2 heteroatoms. The van der Waals surface area contributed by atoms with Gasteiger partial charge in [-0.05, 0) is 42.8 Å². The van der Waals surface area contributed by atoms with Gasteiger partial charge in [0.15, 0.2) is 0 Å². The van der Waals surface area contributed by atoms with E-state index in [2.05, 4.69) is 0 Å². The number of furan rings is 1. The number of rotatable bonds is 2. The lowest BCUT2D eigenvalue weighted by molar-refractivity contribution is 0.483. The minimum Gasteiger partial charge on any atom is -0.464 e. The zero-order valence-electron chi connectivity index (χ0n) is 9.51. The van der Waals surface area contributed by atoms with Crippen LogP contribution in [0.1, 0.15) is 5.56 Å². The molecule has 2 aromatic carbocycles. The fourth-order valence-electron chi connectivity index (χ4n) is 1.82. The van der Waals surface area contributed by atoms with Crippen LogP contribution in [-0.2, 0) is 0 Å². The van der Waals surface area contributed by atoms with Crippen LogP contribution >= 0.6 is 0 Å². The van der Waals surface area contributed by atoms with E-state index in [1.807, 2.05) is 55.5 Å². The molecule has 3 aromatic rings. The predicted molar refractivity (Wildman–Crippen MR) is 67.5 cm³/mol. The van der Waals surface area contributed by atoms with E-state index in [9.17, 15) is 0 Å². The van der Waals surface area contributed by atoms with Gasteiger partial charge in [-0.3, -0.25) is 0 Å². The summed E-state index contributed by atoms with van der Waals surface area (Å²) in [6.45, 7) is 2.03. The molecule has 1 heterocycles. The lowest BCUT2D eigenvalue weighted by Crippen LogP contribution is -1.83. The molecule has 17 heavy (non-hydrogen) atoms. The van der Waals surface area contributed by atoms with Crippen molar-refractivity contribution in [1.82, 2.24) is 0 Å². The molecule has 0 amide bonds. The molecular formula is C15H12O2. The maximum atomic E-state index is 5.77. The Labute approximate surface area is 99.4 Å². The zero-order chi connectivity index (χ0) is 11.7. The molecule has 84 valence electrons. The zero-order valence-corrected chi connectivity index (χ0v) is 9.51. The molecule has 3 rings (SSSR count). The largest absolute Gasteiger partial charge is 0.464 e. The van der Waals surface area contributed by atoms with Crippen LogP contribution in [0.15, 0.2) is 59.2 Å². The van der Waals surface area contributed by atoms with Crippen LogP contribution in [0.25, 0.3) is 11.0 Å². The summed E-state index contributed by atoms with van der Waals surface area (Å²) >= 11 is 0. The van der Waals surface area contributed by atoms with Crippen molar-refractivity contribution in [1.29, 1.82) is 0 Å². The summed E-state index contributed by atoms with van der Waals surface area (Å²) in [5, 5.41) is 1.10. The van der Waals surface area contributed by atoms with Crippen molar-refractivity contribution in [2.45, 2.75) is 6.92 Å². The molecule has 0 fully saturated rings. The Morgan fingerprint density at radius 1 is 0.941 bits per heavy atom. The maximum absolute atomic E-state index is 5.77. The third kappa shape index (κ3) is 1.89. The SMILES string of the molecule is Cc1coc2ccc(Oc3ccccc3)cc12. The molecule has 0 saturated carbocycles. The first-order valence-electron chi connectivity index (χ1n) is 5.54. The van der Waals surface area contributed by atoms with Gasteiger partial charge >= 0.3 is 0 Å². The van der Waals surface area contributed by atoms with Crippen LogP contribution in [0.3, 0.4) is 0 Å². The molecular weight excluding hydrogens is 212 g/mol. The summed E-state index contributed by atoms with van der Waals surface area (Å²) < 4.78 is 11.2. The van der Waals surface area contributed by atoms with E-state index in [4.69, 9.17) is 9.15 Å². The van der Waals surface area contributed by atoms with Crippen molar-refractivity contribution in [2.75, 3.05) is 0 Å². The van der Waals surface area contributed by atoms with Gasteiger partial charge in [0.1, 0.15) is 17.1 Å². The predicted octanol–water partition coefficient (Wildman–Crippen LogP) is 4.53. The molecule has 0 unspecified atom stereocenters. The lowest BCUT2D eigenvalue weighted by Gasteiger charge is -2.05. The summed E-state index contributed by atoms with van der Waals surface area (Å²) in [5.41, 5.74) is 2.02. The summed E-state index contributed by atoms with van der Waals surface area (Å²) in [6, 6.07) is 15.6. The fourth-order valence-corrected chi connectivity index (χ4v) is 1.82. The van der Waals surface area contributed by atoms with E-state index in [-0.39, 0.29) is 0 Å². The average molecular weight is 224 g/mol. The van der Waals surface area contributed by atoms with Crippen molar-refractivity contribution >= 4 is 11.0 Å². The Morgan fingerprint density at radius 2 is 1.76 bits per heavy atom. The van der Waals surface area contributed by atoms with Crippen molar-refractivity contribution in [2.24, 2.45) is 0 Å². The summed E-state index contributed by atoms with van der Waals surface area (Å²) in [5.74, 6) is 1.67. The lowest BCUT2D eigenvalue weighted by atomic mass is 10.2.